The highest BCUT2D eigenvalue weighted by Crippen LogP contribution is 2.45. The summed E-state index contributed by atoms with van der Waals surface area (Å²) in [5, 5.41) is 0. The van der Waals surface area contributed by atoms with Crippen molar-refractivity contribution in [2.45, 2.75) is 64.7 Å². The van der Waals surface area contributed by atoms with Crippen molar-refractivity contribution in [1.29, 1.82) is 0 Å². The molecule has 1 aliphatic carbocycles. The van der Waals surface area contributed by atoms with Crippen LogP contribution in [0.4, 0.5) is 0 Å². The Morgan fingerprint density at radius 2 is 1.81 bits per heavy atom. The van der Waals surface area contributed by atoms with Crippen molar-refractivity contribution >= 4 is 5.97 Å². The third-order valence-electron chi connectivity index (χ3n) is 3.69. The minimum absolute atomic E-state index is 0.0476. The van der Waals surface area contributed by atoms with Gasteiger partial charge in [-0.05, 0) is 24.7 Å². The molecule has 0 heterocycles. The molecule has 0 bridgehead atoms. The normalized spacial score (nSPS) is 23.1. The van der Waals surface area contributed by atoms with Crippen molar-refractivity contribution in [2.75, 3.05) is 7.11 Å². The fourth-order valence-corrected chi connectivity index (χ4v) is 2.43. The van der Waals surface area contributed by atoms with E-state index in [1.54, 1.807) is 0 Å². The Morgan fingerprint density at radius 3 is 2.50 bits per heavy atom. The monoisotopic (exact) mass is 226 g/mol. The maximum atomic E-state index is 11.0. The molecule has 94 valence electrons. The van der Waals surface area contributed by atoms with E-state index in [-0.39, 0.29) is 5.97 Å². The lowest BCUT2D eigenvalue weighted by Gasteiger charge is -2.01. The zero-order valence-corrected chi connectivity index (χ0v) is 10.8. The highest BCUT2D eigenvalue weighted by atomic mass is 16.5. The fourth-order valence-electron chi connectivity index (χ4n) is 2.43. The second-order valence-corrected chi connectivity index (χ2v) is 5.07. The molecule has 2 heteroatoms. The number of hydrogen-bond acceptors (Lipinski definition) is 2. The molecule has 0 N–H and O–H groups in total. The molecule has 0 saturated heterocycles. The molecule has 0 aliphatic heterocycles. The van der Waals surface area contributed by atoms with E-state index in [9.17, 15) is 4.79 Å². The molecule has 1 fully saturated rings. The maximum absolute atomic E-state index is 11.0. The van der Waals surface area contributed by atoms with Crippen LogP contribution in [0.5, 0.6) is 0 Å². The van der Waals surface area contributed by atoms with Crippen LogP contribution in [0, 0.1) is 11.8 Å². The topological polar surface area (TPSA) is 26.3 Å². The van der Waals surface area contributed by atoms with Crippen LogP contribution in [0.1, 0.15) is 64.7 Å². The molecule has 0 aromatic carbocycles. The third-order valence-corrected chi connectivity index (χ3v) is 3.69. The first kappa shape index (κ1) is 13.5. The average molecular weight is 226 g/mol. The molecule has 0 radical (unpaired) electrons. The van der Waals surface area contributed by atoms with Crippen LogP contribution < -0.4 is 0 Å². The van der Waals surface area contributed by atoms with Gasteiger partial charge in [0, 0.05) is 6.42 Å². The Balaban J connectivity index is 1.88. The first-order valence-corrected chi connectivity index (χ1v) is 6.84. The van der Waals surface area contributed by atoms with Gasteiger partial charge in [-0.2, -0.15) is 0 Å². The SMILES string of the molecule is CCCCCCC[C@@H]1C[C@H]1CCC(=O)OC. The van der Waals surface area contributed by atoms with Crippen molar-refractivity contribution in [1.82, 2.24) is 0 Å². The van der Waals surface area contributed by atoms with Crippen molar-refractivity contribution in [2.24, 2.45) is 11.8 Å². The summed E-state index contributed by atoms with van der Waals surface area (Å²) < 4.78 is 4.65. The molecule has 1 aliphatic rings. The molecule has 0 unspecified atom stereocenters. The zero-order chi connectivity index (χ0) is 11.8. The van der Waals surface area contributed by atoms with Gasteiger partial charge >= 0.3 is 5.97 Å². The quantitative estimate of drug-likeness (QED) is 0.440. The highest BCUT2D eigenvalue weighted by molar-refractivity contribution is 5.69. The number of esters is 1. The summed E-state index contributed by atoms with van der Waals surface area (Å²) >= 11 is 0. The summed E-state index contributed by atoms with van der Waals surface area (Å²) in [5.74, 6) is 1.70. The summed E-state index contributed by atoms with van der Waals surface area (Å²) in [6.07, 6.45) is 11.3. The number of hydrogen-bond donors (Lipinski definition) is 0. The van der Waals surface area contributed by atoms with Crippen molar-refractivity contribution in [3.05, 3.63) is 0 Å². The molecular weight excluding hydrogens is 200 g/mol. The zero-order valence-electron chi connectivity index (χ0n) is 10.8. The van der Waals surface area contributed by atoms with Crippen LogP contribution in [0.25, 0.3) is 0 Å². The lowest BCUT2D eigenvalue weighted by atomic mass is 10.1. The van der Waals surface area contributed by atoms with E-state index in [1.165, 1.54) is 52.1 Å². The fraction of sp³-hybridized carbons (Fsp3) is 0.929. The van der Waals surface area contributed by atoms with Crippen molar-refractivity contribution < 1.29 is 9.53 Å². The summed E-state index contributed by atoms with van der Waals surface area (Å²) in [5.41, 5.74) is 0. The van der Waals surface area contributed by atoms with E-state index < -0.39 is 0 Å². The molecule has 1 rings (SSSR count). The number of carbonyl (C=O) groups is 1. The van der Waals surface area contributed by atoms with E-state index in [2.05, 4.69) is 11.7 Å². The van der Waals surface area contributed by atoms with E-state index in [0.717, 1.165) is 18.3 Å². The van der Waals surface area contributed by atoms with Gasteiger partial charge in [-0.1, -0.05) is 45.4 Å². The van der Waals surface area contributed by atoms with Crippen molar-refractivity contribution in [3.8, 4) is 0 Å². The molecular formula is C14H26O2. The van der Waals surface area contributed by atoms with Crippen LogP contribution in [-0.4, -0.2) is 13.1 Å². The highest BCUT2D eigenvalue weighted by Gasteiger charge is 2.35. The maximum Gasteiger partial charge on any atom is 0.305 e. The van der Waals surface area contributed by atoms with Crippen LogP contribution in [0.15, 0.2) is 0 Å². The first-order valence-electron chi connectivity index (χ1n) is 6.84. The molecule has 2 atom stereocenters. The van der Waals surface area contributed by atoms with Gasteiger partial charge in [0.15, 0.2) is 0 Å². The molecule has 1 saturated carbocycles. The number of ether oxygens (including phenoxy) is 1. The minimum atomic E-state index is -0.0476. The Labute approximate surface area is 99.8 Å². The van der Waals surface area contributed by atoms with E-state index >= 15 is 0 Å². The third kappa shape index (κ3) is 5.53. The van der Waals surface area contributed by atoms with Crippen LogP contribution in [0.2, 0.25) is 0 Å². The second kappa shape index (κ2) is 7.70. The number of unbranched alkanes of at least 4 members (excludes halogenated alkanes) is 4. The summed E-state index contributed by atoms with van der Waals surface area (Å²) in [7, 11) is 1.47. The Hall–Kier alpha value is -0.530. The number of carbonyl (C=O) groups excluding carboxylic acids is 1. The van der Waals surface area contributed by atoms with Gasteiger partial charge in [0.1, 0.15) is 0 Å². The van der Waals surface area contributed by atoms with E-state index in [1.807, 2.05) is 0 Å². The second-order valence-electron chi connectivity index (χ2n) is 5.07. The molecule has 2 nitrogen and oxygen atoms in total. The Kier molecular flexibility index (Phi) is 6.51. The Bertz CT molecular complexity index is 201. The standard InChI is InChI=1S/C14H26O2/c1-3-4-5-6-7-8-12-11-13(12)9-10-14(15)16-2/h12-13H,3-11H2,1-2H3/t12-,13-/m1/s1. The summed E-state index contributed by atoms with van der Waals surface area (Å²) in [6.45, 7) is 2.25. The number of rotatable bonds is 9. The molecule has 0 aromatic heterocycles. The number of methoxy groups -OCH3 is 1. The van der Waals surface area contributed by atoms with Gasteiger partial charge < -0.3 is 4.74 Å². The van der Waals surface area contributed by atoms with Gasteiger partial charge in [-0.3, -0.25) is 4.79 Å². The lowest BCUT2D eigenvalue weighted by Crippen LogP contribution is -2.00. The van der Waals surface area contributed by atoms with E-state index in [4.69, 9.17) is 0 Å². The van der Waals surface area contributed by atoms with E-state index in [0.29, 0.717) is 6.42 Å². The average Bonchev–Trinajstić information content (AvgIpc) is 3.04. The first-order chi connectivity index (χ1) is 7.77. The Morgan fingerprint density at radius 1 is 1.12 bits per heavy atom. The van der Waals surface area contributed by atoms with Gasteiger partial charge in [-0.25, -0.2) is 0 Å². The molecule has 16 heavy (non-hydrogen) atoms. The van der Waals surface area contributed by atoms with Crippen LogP contribution in [-0.2, 0) is 9.53 Å². The minimum Gasteiger partial charge on any atom is -0.469 e. The largest absolute Gasteiger partial charge is 0.469 e. The van der Waals surface area contributed by atoms with Gasteiger partial charge in [-0.15, -0.1) is 0 Å². The predicted octanol–water partition coefficient (Wildman–Crippen LogP) is 3.94. The molecule has 0 spiro atoms. The molecule has 0 amide bonds. The van der Waals surface area contributed by atoms with Gasteiger partial charge in [0.05, 0.1) is 7.11 Å². The van der Waals surface area contributed by atoms with Crippen LogP contribution >= 0.6 is 0 Å². The molecule has 0 aromatic rings. The smallest absolute Gasteiger partial charge is 0.305 e. The van der Waals surface area contributed by atoms with Crippen LogP contribution in [0.3, 0.4) is 0 Å². The summed E-state index contributed by atoms with van der Waals surface area (Å²) in [4.78, 5) is 11.0. The van der Waals surface area contributed by atoms with Gasteiger partial charge in [0.2, 0.25) is 0 Å². The lowest BCUT2D eigenvalue weighted by molar-refractivity contribution is -0.140. The van der Waals surface area contributed by atoms with Gasteiger partial charge in [0.25, 0.3) is 0 Å². The predicted molar refractivity (Wildman–Crippen MR) is 66.2 cm³/mol. The summed E-state index contributed by atoms with van der Waals surface area (Å²) in [6, 6.07) is 0. The van der Waals surface area contributed by atoms with Crippen molar-refractivity contribution in [3.63, 3.8) is 0 Å².